The Labute approximate surface area is 195 Å². The van der Waals surface area contributed by atoms with E-state index >= 15 is 0 Å². The van der Waals surface area contributed by atoms with Crippen LogP contribution in [0.4, 0.5) is 17.1 Å². The molecule has 0 radical (unpaired) electrons. The molecule has 34 heavy (non-hydrogen) atoms. The molecule has 0 unspecified atom stereocenters. The Bertz CT molecular complexity index is 1380. The van der Waals surface area contributed by atoms with E-state index in [1.54, 1.807) is 61.7 Å². The first-order valence-corrected chi connectivity index (χ1v) is 10.4. The van der Waals surface area contributed by atoms with Crippen LogP contribution in [0.5, 0.6) is 11.5 Å². The molecule has 0 aromatic heterocycles. The lowest BCUT2D eigenvalue weighted by molar-refractivity contribution is -0.115. The van der Waals surface area contributed by atoms with Gasteiger partial charge in [-0.15, -0.1) is 5.11 Å². The van der Waals surface area contributed by atoms with Gasteiger partial charge in [-0.2, -0.15) is 5.11 Å². The second kappa shape index (κ2) is 9.83. The number of primary amides is 1. The van der Waals surface area contributed by atoms with Gasteiger partial charge in [0.15, 0.2) is 0 Å². The number of rotatable bonds is 7. The van der Waals surface area contributed by atoms with Gasteiger partial charge in [0, 0.05) is 22.2 Å². The number of nitrogens with zero attached hydrogens (tertiary/aromatic N) is 2. The van der Waals surface area contributed by atoms with Gasteiger partial charge in [-0.3, -0.25) is 9.59 Å². The summed E-state index contributed by atoms with van der Waals surface area (Å²) in [7, 11) is 1.57. The first-order valence-electron chi connectivity index (χ1n) is 10.4. The number of anilines is 1. The van der Waals surface area contributed by atoms with Gasteiger partial charge in [0.05, 0.1) is 19.2 Å². The number of carbonyl (C=O) groups excluding carboxylic acids is 2. The summed E-state index contributed by atoms with van der Waals surface area (Å²) in [4.78, 5) is 23.9. The summed E-state index contributed by atoms with van der Waals surface area (Å²) >= 11 is 0. The molecule has 0 aliphatic rings. The summed E-state index contributed by atoms with van der Waals surface area (Å²) < 4.78 is 5.13. The van der Waals surface area contributed by atoms with Crippen molar-refractivity contribution in [1.82, 2.24) is 0 Å². The van der Waals surface area contributed by atoms with Crippen molar-refractivity contribution in [2.45, 2.75) is 6.42 Å². The monoisotopic (exact) mass is 454 g/mol. The van der Waals surface area contributed by atoms with Crippen LogP contribution in [0, 0.1) is 0 Å². The summed E-state index contributed by atoms with van der Waals surface area (Å²) in [6, 6.07) is 22.4. The number of fused-ring (bicyclic) bond motifs is 1. The summed E-state index contributed by atoms with van der Waals surface area (Å²) in [6.07, 6.45) is -0.0570. The Morgan fingerprint density at radius 3 is 2.35 bits per heavy atom. The van der Waals surface area contributed by atoms with E-state index in [0.29, 0.717) is 33.6 Å². The number of hydrogen-bond donors (Lipinski definition) is 3. The molecule has 4 rings (SSSR count). The molecule has 0 fully saturated rings. The second-order valence-electron chi connectivity index (χ2n) is 7.52. The number of phenolic OH excluding ortho intramolecular Hbond substituents is 1. The van der Waals surface area contributed by atoms with Gasteiger partial charge in [-0.25, -0.2) is 0 Å². The van der Waals surface area contributed by atoms with Gasteiger partial charge in [0.1, 0.15) is 17.2 Å². The summed E-state index contributed by atoms with van der Waals surface area (Å²) in [5, 5.41) is 23.7. The Balaban J connectivity index is 1.62. The molecule has 0 bridgehead atoms. The number of amides is 2. The average molecular weight is 454 g/mol. The number of nitrogens with two attached hydrogens (primary N) is 1. The zero-order valence-corrected chi connectivity index (χ0v) is 18.4. The number of benzene rings is 4. The first kappa shape index (κ1) is 22.5. The molecule has 4 aromatic carbocycles. The van der Waals surface area contributed by atoms with Crippen LogP contribution in [-0.4, -0.2) is 24.0 Å². The molecule has 0 saturated heterocycles. The molecule has 4 aromatic rings. The molecule has 0 aliphatic heterocycles. The van der Waals surface area contributed by atoms with Crippen molar-refractivity contribution >= 4 is 39.6 Å². The third-order valence-electron chi connectivity index (χ3n) is 5.22. The molecule has 8 heteroatoms. The van der Waals surface area contributed by atoms with Crippen LogP contribution in [0.15, 0.2) is 89.1 Å². The second-order valence-corrected chi connectivity index (χ2v) is 7.52. The van der Waals surface area contributed by atoms with Gasteiger partial charge in [0.25, 0.3) is 0 Å². The maximum atomic E-state index is 12.7. The third-order valence-corrected chi connectivity index (χ3v) is 5.22. The molecule has 0 heterocycles. The van der Waals surface area contributed by atoms with Gasteiger partial charge in [0.2, 0.25) is 11.8 Å². The highest BCUT2D eigenvalue weighted by Gasteiger charge is 2.16. The van der Waals surface area contributed by atoms with Crippen molar-refractivity contribution in [1.29, 1.82) is 0 Å². The number of hydrogen-bond acceptors (Lipinski definition) is 6. The van der Waals surface area contributed by atoms with Crippen LogP contribution < -0.4 is 15.8 Å². The normalized spacial score (nSPS) is 11.0. The quantitative estimate of drug-likeness (QED) is 0.330. The summed E-state index contributed by atoms with van der Waals surface area (Å²) in [6.45, 7) is 0. The van der Waals surface area contributed by atoms with Crippen molar-refractivity contribution in [3.63, 3.8) is 0 Å². The molecule has 170 valence electrons. The minimum absolute atomic E-state index is 0.0570. The molecule has 0 aliphatic carbocycles. The topological polar surface area (TPSA) is 126 Å². The number of ether oxygens (including phenoxy) is 1. The zero-order valence-electron chi connectivity index (χ0n) is 18.4. The maximum Gasteiger partial charge on any atom is 0.248 e. The Morgan fingerprint density at radius 2 is 1.68 bits per heavy atom. The van der Waals surface area contributed by atoms with Crippen molar-refractivity contribution in [3.8, 4) is 11.5 Å². The van der Waals surface area contributed by atoms with E-state index in [-0.39, 0.29) is 23.8 Å². The van der Waals surface area contributed by atoms with Crippen LogP contribution in [0.1, 0.15) is 15.9 Å². The van der Waals surface area contributed by atoms with Crippen LogP contribution in [-0.2, 0) is 11.2 Å². The number of aromatic hydroxyl groups is 1. The van der Waals surface area contributed by atoms with E-state index in [0.717, 1.165) is 5.39 Å². The molecule has 8 nitrogen and oxygen atoms in total. The highest BCUT2D eigenvalue weighted by molar-refractivity contribution is 5.99. The highest BCUT2D eigenvalue weighted by Crippen LogP contribution is 2.39. The van der Waals surface area contributed by atoms with E-state index in [1.807, 2.05) is 24.3 Å². The molecular formula is C26H22N4O4. The van der Waals surface area contributed by atoms with Crippen LogP contribution in [0.25, 0.3) is 10.8 Å². The van der Waals surface area contributed by atoms with E-state index in [2.05, 4.69) is 15.5 Å². The molecule has 0 saturated carbocycles. The molecular weight excluding hydrogens is 432 g/mol. The lowest BCUT2D eigenvalue weighted by atomic mass is 10.0. The van der Waals surface area contributed by atoms with Crippen LogP contribution >= 0.6 is 0 Å². The minimum Gasteiger partial charge on any atom is -0.505 e. The average Bonchev–Trinajstić information content (AvgIpc) is 2.85. The zero-order chi connectivity index (χ0) is 24.1. The number of nitrogens with one attached hydrogen (secondary N) is 1. The smallest absolute Gasteiger partial charge is 0.248 e. The standard InChI is InChI=1S/C26H22N4O4/c1-34-21-12-10-19(11-13-21)28-23(31)15-18-14-17-4-2-3-5-22(17)24(25(18)32)30-29-20-8-6-16(7-9-20)26(27)33/h2-14,32H,15H2,1H3,(H2,27,33)(H,28,31). The number of methoxy groups -OCH3 is 1. The maximum absolute atomic E-state index is 12.7. The van der Waals surface area contributed by atoms with Gasteiger partial charge < -0.3 is 20.9 Å². The molecule has 0 atom stereocenters. The predicted molar refractivity (Wildman–Crippen MR) is 130 cm³/mol. The summed E-state index contributed by atoms with van der Waals surface area (Å²) in [5.41, 5.74) is 7.39. The summed E-state index contributed by atoms with van der Waals surface area (Å²) in [5.74, 6) is -0.265. The predicted octanol–water partition coefficient (Wildman–Crippen LogP) is 5.25. The minimum atomic E-state index is -0.534. The fraction of sp³-hybridized carbons (Fsp3) is 0.0769. The van der Waals surface area contributed by atoms with E-state index in [9.17, 15) is 14.7 Å². The largest absolute Gasteiger partial charge is 0.505 e. The van der Waals surface area contributed by atoms with E-state index < -0.39 is 5.91 Å². The van der Waals surface area contributed by atoms with Gasteiger partial charge in [-0.05, 0) is 60.0 Å². The Morgan fingerprint density at radius 1 is 0.971 bits per heavy atom. The SMILES string of the molecule is COc1ccc(NC(=O)Cc2cc3ccccc3c(N=Nc3ccc(C(N)=O)cc3)c2O)cc1. The van der Waals surface area contributed by atoms with E-state index in [1.165, 1.54) is 0 Å². The fourth-order valence-electron chi connectivity index (χ4n) is 3.46. The van der Waals surface area contributed by atoms with Crippen LogP contribution in [0.2, 0.25) is 0 Å². The van der Waals surface area contributed by atoms with Gasteiger partial charge >= 0.3 is 0 Å². The highest BCUT2D eigenvalue weighted by atomic mass is 16.5. The Hall–Kier alpha value is -4.72. The van der Waals surface area contributed by atoms with E-state index in [4.69, 9.17) is 10.5 Å². The first-order chi connectivity index (χ1) is 16.4. The van der Waals surface area contributed by atoms with Crippen molar-refractivity contribution in [2.75, 3.05) is 12.4 Å². The van der Waals surface area contributed by atoms with Crippen LogP contribution in [0.3, 0.4) is 0 Å². The molecule has 2 amide bonds. The number of carbonyl (C=O) groups is 2. The fourth-order valence-corrected chi connectivity index (χ4v) is 3.46. The molecule has 4 N–H and O–H groups in total. The Kier molecular flexibility index (Phi) is 6.49. The lowest BCUT2D eigenvalue weighted by Gasteiger charge is -2.11. The van der Waals surface area contributed by atoms with Crippen molar-refractivity contribution < 1.29 is 19.4 Å². The third kappa shape index (κ3) is 5.02. The number of phenols is 1. The van der Waals surface area contributed by atoms with Crippen molar-refractivity contribution in [3.05, 3.63) is 90.0 Å². The number of azo groups is 1. The van der Waals surface area contributed by atoms with Gasteiger partial charge in [-0.1, -0.05) is 24.3 Å². The molecule has 0 spiro atoms. The lowest BCUT2D eigenvalue weighted by Crippen LogP contribution is -2.14. The van der Waals surface area contributed by atoms with Crippen molar-refractivity contribution in [2.24, 2.45) is 16.0 Å².